The largest absolute Gasteiger partial charge is 0.480 e. The van der Waals surface area contributed by atoms with Gasteiger partial charge in [-0.25, -0.2) is 9.36 Å². The molecule has 0 bridgehead atoms. The van der Waals surface area contributed by atoms with Gasteiger partial charge >= 0.3 is 19.8 Å². The molecule has 0 aromatic carbocycles. The number of aliphatic carboxylic acids is 1. The fourth-order valence-corrected chi connectivity index (χ4v) is 4.67. The molecular weight excluding hydrogens is 565 g/mol. The third-order valence-electron chi connectivity index (χ3n) is 6.30. The van der Waals surface area contributed by atoms with Crippen LogP contribution in [-0.2, 0) is 32.7 Å². The molecule has 0 heterocycles. The quantitative estimate of drug-likeness (QED) is 0.0353. The van der Waals surface area contributed by atoms with Gasteiger partial charge in [-0.1, -0.05) is 89.0 Å². The number of phosphoric ester groups is 1. The Hall–Kier alpha value is -2.04. The maximum absolute atomic E-state index is 12.1. The first-order valence-electron chi connectivity index (χ1n) is 15.3. The van der Waals surface area contributed by atoms with Crippen LogP contribution >= 0.6 is 7.82 Å². The summed E-state index contributed by atoms with van der Waals surface area (Å²) < 4.78 is 25.7. The van der Waals surface area contributed by atoms with Gasteiger partial charge in [0.15, 0.2) is 6.04 Å². The van der Waals surface area contributed by atoms with Crippen molar-refractivity contribution in [1.82, 2.24) is 5.32 Å². The van der Waals surface area contributed by atoms with Gasteiger partial charge in [-0.15, -0.1) is 0 Å². The third-order valence-corrected chi connectivity index (χ3v) is 7.25. The normalized spacial score (nSPS) is 14.6. The number of carboxylic acids is 1. The summed E-state index contributed by atoms with van der Waals surface area (Å²) in [6.07, 6.45) is 24.7. The maximum atomic E-state index is 12.1. The number of unbranched alkanes of at least 4 members (excludes halogenated alkanes) is 12. The number of aliphatic hydroxyl groups is 1. The zero-order valence-electron chi connectivity index (χ0n) is 25.5. The van der Waals surface area contributed by atoms with Crippen molar-refractivity contribution in [3.8, 4) is 0 Å². The van der Waals surface area contributed by atoms with Crippen LogP contribution < -0.4 is 5.32 Å². The molecule has 3 atom stereocenters. The highest BCUT2D eigenvalue weighted by atomic mass is 31.2. The third kappa shape index (κ3) is 26.8. The lowest BCUT2D eigenvalue weighted by atomic mass is 10.1. The van der Waals surface area contributed by atoms with E-state index in [2.05, 4.69) is 50.3 Å². The number of aliphatic hydroxyl groups excluding tert-OH is 1. The summed E-state index contributed by atoms with van der Waals surface area (Å²) >= 11 is 0. The highest BCUT2D eigenvalue weighted by molar-refractivity contribution is 7.47. The van der Waals surface area contributed by atoms with Crippen molar-refractivity contribution in [2.45, 2.75) is 129 Å². The van der Waals surface area contributed by atoms with Crippen LogP contribution in [0, 0.1) is 0 Å². The number of hydrogen-bond acceptors (Lipinski definition) is 8. The van der Waals surface area contributed by atoms with Crippen molar-refractivity contribution in [2.24, 2.45) is 0 Å². The molecule has 0 aliphatic heterocycles. The second-order valence-corrected chi connectivity index (χ2v) is 11.8. The summed E-state index contributed by atoms with van der Waals surface area (Å²) in [5.74, 6) is -2.57. The number of nitrogens with one attached hydrogen (secondary N) is 1. The molecule has 4 N–H and O–H groups in total. The lowest BCUT2D eigenvalue weighted by Gasteiger charge is -2.18. The van der Waals surface area contributed by atoms with E-state index in [1.54, 1.807) is 0 Å². The Morgan fingerprint density at radius 2 is 1.31 bits per heavy atom. The summed E-state index contributed by atoms with van der Waals surface area (Å²) in [6, 6.07) is -1.54. The number of carbonyl (C=O) groups excluding carboxylic acids is 2. The van der Waals surface area contributed by atoms with Gasteiger partial charge in [-0.05, 0) is 38.5 Å². The number of esters is 1. The average Bonchev–Trinajstić information content (AvgIpc) is 2.94. The summed E-state index contributed by atoms with van der Waals surface area (Å²) in [5, 5.41) is 21.1. The van der Waals surface area contributed by atoms with Gasteiger partial charge in [0, 0.05) is 13.3 Å². The van der Waals surface area contributed by atoms with Gasteiger partial charge in [-0.2, -0.15) is 0 Å². The number of ether oxygens (including phenoxy) is 1. The van der Waals surface area contributed by atoms with Crippen LogP contribution in [0.5, 0.6) is 0 Å². The molecule has 0 aliphatic carbocycles. The van der Waals surface area contributed by atoms with Gasteiger partial charge < -0.3 is 25.2 Å². The van der Waals surface area contributed by atoms with E-state index in [0.29, 0.717) is 6.42 Å². The van der Waals surface area contributed by atoms with E-state index in [1.165, 1.54) is 51.4 Å². The molecule has 0 saturated carbocycles. The van der Waals surface area contributed by atoms with Gasteiger partial charge in [0.2, 0.25) is 5.91 Å². The van der Waals surface area contributed by atoms with Gasteiger partial charge in [-0.3, -0.25) is 18.6 Å². The van der Waals surface area contributed by atoms with Gasteiger partial charge in [0.05, 0.1) is 13.2 Å². The van der Waals surface area contributed by atoms with Crippen LogP contribution in [-0.4, -0.2) is 64.9 Å². The maximum Gasteiger partial charge on any atom is 0.472 e. The predicted octanol–water partition coefficient (Wildman–Crippen LogP) is 5.99. The molecule has 0 aromatic heterocycles. The fraction of sp³-hybridized carbons (Fsp3) is 0.767. The van der Waals surface area contributed by atoms with Crippen molar-refractivity contribution in [3.63, 3.8) is 0 Å². The molecule has 12 heteroatoms. The lowest BCUT2D eigenvalue weighted by Crippen LogP contribution is -2.43. The van der Waals surface area contributed by atoms with Gasteiger partial charge in [0.1, 0.15) is 12.7 Å². The first-order valence-corrected chi connectivity index (χ1v) is 16.8. The van der Waals surface area contributed by atoms with Crippen LogP contribution in [0.1, 0.15) is 117 Å². The smallest absolute Gasteiger partial charge is 0.472 e. The number of carboxylic acid groups (broad SMARTS) is 1. The van der Waals surface area contributed by atoms with Crippen LogP contribution in [0.4, 0.5) is 0 Å². The second kappa shape index (κ2) is 26.6. The molecule has 42 heavy (non-hydrogen) atoms. The average molecular weight is 620 g/mol. The molecule has 3 unspecified atom stereocenters. The zero-order valence-corrected chi connectivity index (χ0v) is 26.4. The number of carbonyl (C=O) groups is 3. The highest BCUT2D eigenvalue weighted by Gasteiger charge is 2.28. The van der Waals surface area contributed by atoms with Crippen molar-refractivity contribution in [1.29, 1.82) is 0 Å². The zero-order chi connectivity index (χ0) is 31.5. The minimum absolute atomic E-state index is 0.140. The Labute approximate surface area is 251 Å². The first-order chi connectivity index (χ1) is 20.1. The van der Waals surface area contributed by atoms with Crippen molar-refractivity contribution < 1.29 is 47.8 Å². The van der Waals surface area contributed by atoms with Crippen LogP contribution in [0.3, 0.4) is 0 Å². The van der Waals surface area contributed by atoms with Crippen molar-refractivity contribution >= 4 is 25.7 Å². The van der Waals surface area contributed by atoms with E-state index in [-0.39, 0.29) is 6.42 Å². The Bertz CT molecular complexity index is 833. The SMILES string of the molecule is CCCCC/C=C\C/C=C\CCCCCCCCCCCC(=O)NC(COP(=O)(O)OCC(O)COC(C)=O)C(=O)O. The van der Waals surface area contributed by atoms with Crippen LogP contribution in [0.15, 0.2) is 24.3 Å². The Kier molecular flexibility index (Phi) is 25.3. The molecule has 0 aromatic rings. The number of rotatable bonds is 28. The second-order valence-electron chi connectivity index (χ2n) is 10.4. The first kappa shape index (κ1) is 40.0. The molecule has 0 radical (unpaired) electrons. The Balaban J connectivity index is 3.84. The summed E-state index contributed by atoms with van der Waals surface area (Å²) in [6.45, 7) is 1.42. The molecule has 0 fully saturated rings. The topological polar surface area (TPSA) is 169 Å². The monoisotopic (exact) mass is 619 g/mol. The van der Waals surface area contributed by atoms with E-state index < -0.39 is 57.6 Å². The molecule has 1 amide bonds. The van der Waals surface area contributed by atoms with E-state index in [9.17, 15) is 34.1 Å². The highest BCUT2D eigenvalue weighted by Crippen LogP contribution is 2.43. The molecular formula is C30H54NO10P. The van der Waals surface area contributed by atoms with Crippen molar-refractivity contribution in [2.75, 3.05) is 19.8 Å². The minimum Gasteiger partial charge on any atom is -0.480 e. The Morgan fingerprint density at radius 1 is 0.786 bits per heavy atom. The summed E-state index contributed by atoms with van der Waals surface area (Å²) in [5.41, 5.74) is 0. The summed E-state index contributed by atoms with van der Waals surface area (Å²) in [7, 11) is -4.71. The molecule has 0 aliphatic rings. The standard InChI is InChI=1S/C30H54NO10P/c1-3-4-5-6-7-8-9-10-11-12-13-14-15-16-17-18-19-20-21-22-29(34)31-28(30(35)36)25-41-42(37,38)40-24-27(33)23-39-26(2)32/h7-8,10-11,27-28,33H,3-6,9,12-25H2,1-2H3,(H,31,34)(H,35,36)(H,37,38)/b8-7-,11-10-. The fourth-order valence-electron chi connectivity index (χ4n) is 3.89. The summed E-state index contributed by atoms with van der Waals surface area (Å²) in [4.78, 5) is 43.9. The van der Waals surface area contributed by atoms with E-state index in [0.717, 1.165) is 45.4 Å². The van der Waals surface area contributed by atoms with Crippen LogP contribution in [0.2, 0.25) is 0 Å². The number of phosphoric acid groups is 1. The molecule has 0 saturated heterocycles. The van der Waals surface area contributed by atoms with Gasteiger partial charge in [0.25, 0.3) is 0 Å². The van der Waals surface area contributed by atoms with Crippen molar-refractivity contribution in [3.05, 3.63) is 24.3 Å². The molecule has 0 rings (SSSR count). The Morgan fingerprint density at radius 3 is 1.86 bits per heavy atom. The van der Waals surface area contributed by atoms with Crippen LogP contribution in [0.25, 0.3) is 0 Å². The minimum atomic E-state index is -4.71. The van der Waals surface area contributed by atoms with E-state index >= 15 is 0 Å². The lowest BCUT2D eigenvalue weighted by molar-refractivity contribution is -0.144. The predicted molar refractivity (Wildman–Crippen MR) is 162 cm³/mol. The van der Waals surface area contributed by atoms with E-state index in [4.69, 9.17) is 0 Å². The number of hydrogen-bond donors (Lipinski definition) is 4. The van der Waals surface area contributed by atoms with E-state index in [1.807, 2.05) is 0 Å². The molecule has 11 nitrogen and oxygen atoms in total. The molecule has 0 spiro atoms. The number of allylic oxidation sites excluding steroid dienone is 4. The molecule has 244 valence electrons. The number of amides is 1.